The first kappa shape index (κ1) is 16.0. The quantitative estimate of drug-likeness (QED) is 0.746. The van der Waals surface area contributed by atoms with Crippen LogP contribution in [0.1, 0.15) is 66.2 Å². The van der Waals surface area contributed by atoms with Crippen molar-refractivity contribution in [1.82, 2.24) is 10.2 Å². The highest BCUT2D eigenvalue weighted by Gasteiger charge is 2.19. The number of rotatable bonds is 7. The fourth-order valence-electron chi connectivity index (χ4n) is 3.07. The summed E-state index contributed by atoms with van der Waals surface area (Å²) in [6, 6.07) is 1.37. The Balaban J connectivity index is 2.26. The van der Waals surface area contributed by atoms with Crippen molar-refractivity contribution in [2.24, 2.45) is 5.92 Å². The van der Waals surface area contributed by atoms with Crippen LogP contribution in [0, 0.1) is 5.92 Å². The van der Waals surface area contributed by atoms with Crippen molar-refractivity contribution < 1.29 is 0 Å². The number of nitrogens with one attached hydrogen (secondary N) is 1. The molecule has 18 heavy (non-hydrogen) atoms. The molecule has 0 aliphatic carbocycles. The lowest BCUT2D eigenvalue weighted by molar-refractivity contribution is 0.205. The molecule has 2 nitrogen and oxygen atoms in total. The number of hydrogen-bond acceptors (Lipinski definition) is 2. The third kappa shape index (κ3) is 5.71. The lowest BCUT2D eigenvalue weighted by Gasteiger charge is -2.29. The second kappa shape index (κ2) is 8.92. The van der Waals surface area contributed by atoms with E-state index in [-0.39, 0.29) is 0 Å². The molecule has 1 aliphatic heterocycles. The van der Waals surface area contributed by atoms with Crippen LogP contribution in [-0.4, -0.2) is 36.6 Å². The molecule has 108 valence electrons. The van der Waals surface area contributed by atoms with E-state index in [0.29, 0.717) is 12.1 Å². The second-order valence-corrected chi connectivity index (χ2v) is 6.19. The van der Waals surface area contributed by atoms with Gasteiger partial charge in [0.2, 0.25) is 0 Å². The fourth-order valence-corrected chi connectivity index (χ4v) is 3.07. The molecule has 0 aromatic carbocycles. The summed E-state index contributed by atoms with van der Waals surface area (Å²) in [6.07, 6.45) is 8.20. The van der Waals surface area contributed by atoms with Gasteiger partial charge in [-0.05, 0) is 58.5 Å². The van der Waals surface area contributed by atoms with E-state index in [0.717, 1.165) is 12.5 Å². The van der Waals surface area contributed by atoms with Crippen molar-refractivity contribution in [3.8, 4) is 0 Å². The van der Waals surface area contributed by atoms with Gasteiger partial charge in [-0.1, -0.05) is 26.7 Å². The van der Waals surface area contributed by atoms with Crippen LogP contribution in [0.3, 0.4) is 0 Å². The lowest BCUT2D eigenvalue weighted by atomic mass is 9.98. The van der Waals surface area contributed by atoms with Crippen molar-refractivity contribution in [3.63, 3.8) is 0 Å². The third-order valence-corrected chi connectivity index (χ3v) is 4.57. The van der Waals surface area contributed by atoms with Crippen LogP contribution in [-0.2, 0) is 0 Å². The molecule has 1 saturated heterocycles. The van der Waals surface area contributed by atoms with Crippen LogP contribution in [0.15, 0.2) is 0 Å². The van der Waals surface area contributed by atoms with Gasteiger partial charge in [0.25, 0.3) is 0 Å². The van der Waals surface area contributed by atoms with E-state index in [2.05, 4.69) is 37.9 Å². The van der Waals surface area contributed by atoms with Crippen LogP contribution in [0.5, 0.6) is 0 Å². The van der Waals surface area contributed by atoms with Gasteiger partial charge in [-0.25, -0.2) is 0 Å². The van der Waals surface area contributed by atoms with Gasteiger partial charge in [-0.2, -0.15) is 0 Å². The van der Waals surface area contributed by atoms with Crippen LogP contribution < -0.4 is 5.32 Å². The highest BCUT2D eigenvalue weighted by atomic mass is 15.2. The highest BCUT2D eigenvalue weighted by Crippen LogP contribution is 2.21. The Bertz CT molecular complexity index is 205. The highest BCUT2D eigenvalue weighted by molar-refractivity contribution is 4.76. The Labute approximate surface area is 115 Å². The predicted octanol–water partition coefficient (Wildman–Crippen LogP) is 3.67. The molecule has 0 aromatic heterocycles. The summed E-state index contributed by atoms with van der Waals surface area (Å²) in [5, 5.41) is 3.68. The summed E-state index contributed by atoms with van der Waals surface area (Å²) >= 11 is 0. The Morgan fingerprint density at radius 1 is 1.17 bits per heavy atom. The minimum Gasteiger partial charge on any atom is -0.313 e. The molecule has 0 radical (unpaired) electrons. The van der Waals surface area contributed by atoms with E-state index in [1.807, 2.05) is 0 Å². The summed E-state index contributed by atoms with van der Waals surface area (Å²) in [5.41, 5.74) is 0. The average Bonchev–Trinajstić information content (AvgIpc) is 2.61. The molecule has 0 saturated carbocycles. The normalized spacial score (nSPS) is 25.7. The zero-order valence-corrected chi connectivity index (χ0v) is 13.0. The first-order chi connectivity index (χ1) is 8.67. The van der Waals surface area contributed by atoms with E-state index < -0.39 is 0 Å². The van der Waals surface area contributed by atoms with E-state index in [9.17, 15) is 0 Å². The molecular formula is C16H34N2. The number of likely N-dealkylation sites (tertiary alicyclic amines) is 1. The maximum atomic E-state index is 3.68. The number of hydrogen-bond donors (Lipinski definition) is 1. The summed E-state index contributed by atoms with van der Waals surface area (Å²) in [4.78, 5) is 2.70. The second-order valence-electron chi connectivity index (χ2n) is 6.19. The molecule has 1 heterocycles. The van der Waals surface area contributed by atoms with E-state index in [1.54, 1.807) is 0 Å². The molecule has 0 aromatic rings. The summed E-state index contributed by atoms with van der Waals surface area (Å²) < 4.78 is 0. The first-order valence-corrected chi connectivity index (χ1v) is 8.14. The maximum absolute atomic E-state index is 3.68. The van der Waals surface area contributed by atoms with E-state index >= 15 is 0 Å². The lowest BCUT2D eigenvalue weighted by Crippen LogP contribution is -2.43. The van der Waals surface area contributed by atoms with Gasteiger partial charge in [-0.3, -0.25) is 4.90 Å². The zero-order chi connectivity index (χ0) is 13.4. The van der Waals surface area contributed by atoms with Crippen LogP contribution in [0.2, 0.25) is 0 Å². The molecule has 2 heteroatoms. The fraction of sp³-hybridized carbons (Fsp3) is 1.00. The minimum atomic E-state index is 0.674. The molecular weight excluding hydrogens is 220 g/mol. The maximum Gasteiger partial charge on any atom is 0.0192 e. The molecule has 1 fully saturated rings. The smallest absolute Gasteiger partial charge is 0.0192 e. The molecule has 3 unspecified atom stereocenters. The largest absolute Gasteiger partial charge is 0.313 e. The minimum absolute atomic E-state index is 0.674. The summed E-state index contributed by atoms with van der Waals surface area (Å²) in [6.45, 7) is 13.1. The molecule has 1 N–H and O–H groups in total. The summed E-state index contributed by atoms with van der Waals surface area (Å²) in [5.74, 6) is 0.981. The van der Waals surface area contributed by atoms with Gasteiger partial charge < -0.3 is 5.32 Å². The van der Waals surface area contributed by atoms with Crippen molar-refractivity contribution >= 4 is 0 Å². The standard InChI is InChI=1S/C16H34N2/c1-5-8-14(3)17-13-15(4)18-11-7-9-16(6-2)10-12-18/h14-17H,5-13H2,1-4H3. The van der Waals surface area contributed by atoms with Gasteiger partial charge in [-0.15, -0.1) is 0 Å². The van der Waals surface area contributed by atoms with Crippen LogP contribution in [0.4, 0.5) is 0 Å². The van der Waals surface area contributed by atoms with Gasteiger partial charge >= 0.3 is 0 Å². The third-order valence-electron chi connectivity index (χ3n) is 4.57. The van der Waals surface area contributed by atoms with Gasteiger partial charge in [0.05, 0.1) is 0 Å². The van der Waals surface area contributed by atoms with Crippen LogP contribution >= 0.6 is 0 Å². The average molecular weight is 254 g/mol. The topological polar surface area (TPSA) is 15.3 Å². The van der Waals surface area contributed by atoms with Crippen molar-refractivity contribution in [2.45, 2.75) is 78.3 Å². The monoisotopic (exact) mass is 254 g/mol. The number of nitrogens with zero attached hydrogens (tertiary/aromatic N) is 1. The Hall–Kier alpha value is -0.0800. The van der Waals surface area contributed by atoms with Crippen LogP contribution in [0.25, 0.3) is 0 Å². The van der Waals surface area contributed by atoms with Gasteiger partial charge in [0, 0.05) is 18.6 Å². The molecule has 3 atom stereocenters. The van der Waals surface area contributed by atoms with Crippen molar-refractivity contribution in [1.29, 1.82) is 0 Å². The van der Waals surface area contributed by atoms with E-state index in [4.69, 9.17) is 0 Å². The van der Waals surface area contributed by atoms with Crippen molar-refractivity contribution in [3.05, 3.63) is 0 Å². The summed E-state index contributed by atoms with van der Waals surface area (Å²) in [7, 11) is 0. The Morgan fingerprint density at radius 2 is 1.94 bits per heavy atom. The SMILES string of the molecule is CCCC(C)NCC(C)N1CCCC(CC)CC1. The molecule has 1 aliphatic rings. The van der Waals surface area contributed by atoms with Gasteiger partial charge in [0.15, 0.2) is 0 Å². The first-order valence-electron chi connectivity index (χ1n) is 8.14. The zero-order valence-electron chi connectivity index (χ0n) is 13.0. The molecule has 1 rings (SSSR count). The van der Waals surface area contributed by atoms with Gasteiger partial charge in [0.1, 0.15) is 0 Å². The predicted molar refractivity (Wildman–Crippen MR) is 81.0 cm³/mol. The molecule has 0 amide bonds. The van der Waals surface area contributed by atoms with E-state index in [1.165, 1.54) is 51.6 Å². The molecule has 0 spiro atoms. The van der Waals surface area contributed by atoms with Crippen molar-refractivity contribution in [2.75, 3.05) is 19.6 Å². The Morgan fingerprint density at radius 3 is 2.61 bits per heavy atom. The Kier molecular flexibility index (Phi) is 7.92. The molecule has 0 bridgehead atoms.